The van der Waals surface area contributed by atoms with Crippen LogP contribution in [0.3, 0.4) is 0 Å². The van der Waals surface area contributed by atoms with Gasteiger partial charge in [-0.15, -0.1) is 11.3 Å². The van der Waals surface area contributed by atoms with Gasteiger partial charge in [0.1, 0.15) is 0 Å². The number of non-ortho nitro benzene ring substituents is 1. The Balaban J connectivity index is 1.51. The maximum absolute atomic E-state index is 12.2. The van der Waals surface area contributed by atoms with Crippen molar-refractivity contribution in [3.63, 3.8) is 0 Å². The van der Waals surface area contributed by atoms with E-state index in [4.69, 9.17) is 0 Å². The molecule has 1 aliphatic rings. The molecule has 0 bridgehead atoms. The van der Waals surface area contributed by atoms with Crippen LogP contribution in [-0.4, -0.2) is 46.9 Å². The fourth-order valence-electron chi connectivity index (χ4n) is 2.67. The summed E-state index contributed by atoms with van der Waals surface area (Å²) in [4.78, 5) is 26.6. The van der Waals surface area contributed by atoms with Gasteiger partial charge in [-0.05, 0) is 23.1 Å². The van der Waals surface area contributed by atoms with E-state index in [9.17, 15) is 14.9 Å². The van der Waals surface area contributed by atoms with Crippen molar-refractivity contribution in [2.75, 3.05) is 31.5 Å². The van der Waals surface area contributed by atoms with Crippen molar-refractivity contribution in [3.8, 4) is 0 Å². The molecule has 1 aromatic heterocycles. The molecule has 24 heavy (non-hydrogen) atoms. The number of carbonyl (C=O) groups excluding carboxylic acids is 1. The van der Waals surface area contributed by atoms with Gasteiger partial charge >= 0.3 is 6.03 Å². The number of urea groups is 1. The van der Waals surface area contributed by atoms with E-state index in [1.807, 2.05) is 23.6 Å². The molecular formula is C16H18N4O3S. The molecule has 0 saturated carbocycles. The zero-order chi connectivity index (χ0) is 16.9. The summed E-state index contributed by atoms with van der Waals surface area (Å²) in [6, 6.07) is 10.4. The van der Waals surface area contributed by atoms with Gasteiger partial charge in [0.15, 0.2) is 0 Å². The van der Waals surface area contributed by atoms with Crippen LogP contribution < -0.4 is 5.32 Å². The van der Waals surface area contributed by atoms with E-state index in [0.717, 1.165) is 23.7 Å². The minimum atomic E-state index is -0.379. The maximum Gasteiger partial charge on any atom is 0.322 e. The Morgan fingerprint density at radius 3 is 2.67 bits per heavy atom. The number of rotatable bonds is 4. The number of anilines is 1. The van der Waals surface area contributed by atoms with E-state index in [1.165, 1.54) is 17.4 Å². The van der Waals surface area contributed by atoms with Crippen LogP contribution >= 0.6 is 11.3 Å². The molecule has 0 unspecified atom stereocenters. The van der Waals surface area contributed by atoms with E-state index in [-0.39, 0.29) is 16.6 Å². The van der Waals surface area contributed by atoms with Crippen molar-refractivity contribution in [2.45, 2.75) is 6.54 Å². The normalized spacial score (nSPS) is 15.2. The quantitative estimate of drug-likeness (QED) is 0.682. The van der Waals surface area contributed by atoms with Crippen molar-refractivity contribution < 1.29 is 9.72 Å². The number of nitro benzene ring substituents is 1. The predicted molar refractivity (Wildman–Crippen MR) is 93.3 cm³/mol. The van der Waals surface area contributed by atoms with Gasteiger partial charge < -0.3 is 4.90 Å². The second kappa shape index (κ2) is 7.41. The zero-order valence-electron chi connectivity index (χ0n) is 13.1. The second-order valence-electron chi connectivity index (χ2n) is 5.60. The highest BCUT2D eigenvalue weighted by Crippen LogP contribution is 2.18. The number of thiophene rings is 1. The molecule has 3 rings (SSSR count). The number of benzene rings is 1. The number of amides is 2. The highest BCUT2D eigenvalue weighted by atomic mass is 32.1. The summed E-state index contributed by atoms with van der Waals surface area (Å²) in [7, 11) is 0. The molecule has 1 aromatic carbocycles. The molecule has 0 radical (unpaired) electrons. The van der Waals surface area contributed by atoms with E-state index in [2.05, 4.69) is 10.2 Å². The number of nitrogens with one attached hydrogen (secondary N) is 1. The van der Waals surface area contributed by atoms with Crippen molar-refractivity contribution in [2.24, 2.45) is 0 Å². The zero-order valence-corrected chi connectivity index (χ0v) is 13.9. The van der Waals surface area contributed by atoms with Gasteiger partial charge in [-0.2, -0.15) is 0 Å². The first-order valence-corrected chi connectivity index (χ1v) is 8.55. The summed E-state index contributed by atoms with van der Waals surface area (Å²) in [5, 5.41) is 16.5. The smallest absolute Gasteiger partial charge is 0.322 e. The molecule has 1 saturated heterocycles. The standard InChI is InChI=1S/C16H18N4O3S/c21-16(17-15-5-2-10-24-15)19-8-6-18(7-9-19)12-13-3-1-4-14(11-13)20(22)23/h1-5,10-11H,6-9,12H2,(H,17,21). The van der Waals surface area contributed by atoms with Crippen LogP contribution in [-0.2, 0) is 6.54 Å². The van der Waals surface area contributed by atoms with Crippen LogP contribution in [0.1, 0.15) is 5.56 Å². The van der Waals surface area contributed by atoms with Gasteiger partial charge in [-0.3, -0.25) is 20.3 Å². The third-order valence-electron chi connectivity index (χ3n) is 3.94. The van der Waals surface area contributed by atoms with Crippen molar-refractivity contribution in [1.29, 1.82) is 0 Å². The average Bonchev–Trinajstić information content (AvgIpc) is 3.08. The Kier molecular flexibility index (Phi) is 5.07. The van der Waals surface area contributed by atoms with Crippen molar-refractivity contribution in [1.82, 2.24) is 9.80 Å². The highest BCUT2D eigenvalue weighted by molar-refractivity contribution is 7.14. The molecule has 0 spiro atoms. The third-order valence-corrected chi connectivity index (χ3v) is 4.72. The van der Waals surface area contributed by atoms with Crippen LogP contribution in [0, 0.1) is 10.1 Å². The highest BCUT2D eigenvalue weighted by Gasteiger charge is 2.21. The number of carbonyl (C=O) groups is 1. The molecule has 1 fully saturated rings. The minimum absolute atomic E-state index is 0.0764. The summed E-state index contributed by atoms with van der Waals surface area (Å²) in [5.41, 5.74) is 1.03. The SMILES string of the molecule is O=C(Nc1cccs1)N1CCN(Cc2cccc([N+](=O)[O-])c2)CC1. The van der Waals surface area contributed by atoms with E-state index >= 15 is 0 Å². The monoisotopic (exact) mass is 346 g/mol. The fraction of sp³-hybridized carbons (Fsp3) is 0.312. The molecule has 2 heterocycles. The average molecular weight is 346 g/mol. The topological polar surface area (TPSA) is 78.7 Å². The molecule has 1 aliphatic heterocycles. The molecular weight excluding hydrogens is 328 g/mol. The Hall–Kier alpha value is -2.45. The summed E-state index contributed by atoms with van der Waals surface area (Å²) in [6.07, 6.45) is 0. The summed E-state index contributed by atoms with van der Waals surface area (Å²) in [5.74, 6) is 0. The largest absolute Gasteiger partial charge is 0.322 e. The van der Waals surface area contributed by atoms with Gasteiger partial charge in [0.2, 0.25) is 0 Å². The molecule has 1 N–H and O–H groups in total. The van der Waals surface area contributed by atoms with Gasteiger partial charge in [0, 0.05) is 44.9 Å². The van der Waals surface area contributed by atoms with Crippen molar-refractivity contribution in [3.05, 3.63) is 57.5 Å². The lowest BCUT2D eigenvalue weighted by molar-refractivity contribution is -0.384. The van der Waals surface area contributed by atoms with Crippen LogP contribution in [0.4, 0.5) is 15.5 Å². The van der Waals surface area contributed by atoms with Crippen LogP contribution in [0.5, 0.6) is 0 Å². The second-order valence-corrected chi connectivity index (χ2v) is 6.55. The van der Waals surface area contributed by atoms with Crippen molar-refractivity contribution >= 4 is 28.1 Å². The first-order valence-electron chi connectivity index (χ1n) is 7.67. The maximum atomic E-state index is 12.2. The Morgan fingerprint density at radius 1 is 1.21 bits per heavy atom. The Bertz CT molecular complexity index is 712. The number of hydrogen-bond acceptors (Lipinski definition) is 5. The van der Waals surface area contributed by atoms with Crippen LogP contribution in [0.25, 0.3) is 0 Å². The van der Waals surface area contributed by atoms with E-state index in [0.29, 0.717) is 19.6 Å². The lowest BCUT2D eigenvalue weighted by Gasteiger charge is -2.34. The first-order chi connectivity index (χ1) is 11.6. The number of nitrogens with zero attached hydrogens (tertiary/aromatic N) is 3. The lowest BCUT2D eigenvalue weighted by Crippen LogP contribution is -2.49. The number of piperazine rings is 1. The van der Waals surface area contributed by atoms with Crippen LogP contribution in [0.2, 0.25) is 0 Å². The third kappa shape index (κ3) is 4.09. The van der Waals surface area contributed by atoms with E-state index in [1.54, 1.807) is 17.0 Å². The first kappa shape index (κ1) is 16.4. The number of hydrogen-bond donors (Lipinski definition) is 1. The van der Waals surface area contributed by atoms with E-state index < -0.39 is 0 Å². The van der Waals surface area contributed by atoms with Gasteiger partial charge in [0.25, 0.3) is 5.69 Å². The van der Waals surface area contributed by atoms with Gasteiger partial charge in [-0.25, -0.2) is 4.79 Å². The van der Waals surface area contributed by atoms with Crippen LogP contribution in [0.15, 0.2) is 41.8 Å². The Morgan fingerprint density at radius 2 is 2.00 bits per heavy atom. The summed E-state index contributed by atoms with van der Waals surface area (Å²) in [6.45, 7) is 3.45. The molecule has 0 aliphatic carbocycles. The summed E-state index contributed by atoms with van der Waals surface area (Å²) >= 11 is 1.50. The molecule has 7 nitrogen and oxygen atoms in total. The molecule has 126 valence electrons. The predicted octanol–water partition coefficient (Wildman–Crippen LogP) is 3.01. The number of nitro groups is 1. The van der Waals surface area contributed by atoms with Gasteiger partial charge in [-0.1, -0.05) is 12.1 Å². The summed E-state index contributed by atoms with van der Waals surface area (Å²) < 4.78 is 0. The lowest BCUT2D eigenvalue weighted by atomic mass is 10.2. The molecule has 2 amide bonds. The van der Waals surface area contributed by atoms with Gasteiger partial charge in [0.05, 0.1) is 9.92 Å². The minimum Gasteiger partial charge on any atom is -0.322 e. The molecule has 0 atom stereocenters. The Labute approximate surface area is 143 Å². The molecule has 8 heteroatoms. The molecule has 2 aromatic rings. The fourth-order valence-corrected chi connectivity index (χ4v) is 3.28.